The fourth-order valence-electron chi connectivity index (χ4n) is 2.94. The van der Waals surface area contributed by atoms with Gasteiger partial charge >= 0.3 is 0 Å². The molecule has 0 saturated heterocycles. The van der Waals surface area contributed by atoms with Gasteiger partial charge in [-0.05, 0) is 56.7 Å². The van der Waals surface area contributed by atoms with Crippen LogP contribution in [0.5, 0.6) is 0 Å². The van der Waals surface area contributed by atoms with Gasteiger partial charge in [-0.15, -0.1) is 0 Å². The third-order valence-electron chi connectivity index (χ3n) is 3.78. The number of hydrogen-bond donors (Lipinski definition) is 1. The Balaban J connectivity index is 1.83. The SMILES string of the molecule is CC1=CC(C)CC(CN[C@@H](C)c2cccnc2)C1. The van der Waals surface area contributed by atoms with E-state index in [1.165, 1.54) is 18.4 Å². The lowest BCUT2D eigenvalue weighted by atomic mass is 9.83. The van der Waals surface area contributed by atoms with Gasteiger partial charge in [-0.2, -0.15) is 0 Å². The van der Waals surface area contributed by atoms with Gasteiger partial charge in [0.05, 0.1) is 0 Å². The summed E-state index contributed by atoms with van der Waals surface area (Å²) in [6.45, 7) is 7.89. The van der Waals surface area contributed by atoms with Crippen LogP contribution in [0.25, 0.3) is 0 Å². The molecule has 0 amide bonds. The number of allylic oxidation sites excluding steroid dienone is 2. The Kier molecular flexibility index (Phi) is 4.54. The number of rotatable bonds is 4. The van der Waals surface area contributed by atoms with Crippen LogP contribution in [0.15, 0.2) is 36.2 Å². The first-order valence-electron chi connectivity index (χ1n) is 6.95. The lowest BCUT2D eigenvalue weighted by Crippen LogP contribution is -2.28. The van der Waals surface area contributed by atoms with Gasteiger partial charge in [0.15, 0.2) is 0 Å². The zero-order chi connectivity index (χ0) is 13.0. The average Bonchev–Trinajstić information content (AvgIpc) is 2.36. The Labute approximate surface area is 111 Å². The molecule has 2 heteroatoms. The van der Waals surface area contributed by atoms with Crippen molar-refractivity contribution in [2.24, 2.45) is 11.8 Å². The minimum absolute atomic E-state index is 0.389. The summed E-state index contributed by atoms with van der Waals surface area (Å²) in [7, 11) is 0. The van der Waals surface area contributed by atoms with E-state index in [2.05, 4.69) is 43.2 Å². The zero-order valence-corrected chi connectivity index (χ0v) is 11.7. The molecular weight excluding hydrogens is 220 g/mol. The molecule has 2 nitrogen and oxygen atoms in total. The van der Waals surface area contributed by atoms with Gasteiger partial charge in [-0.1, -0.05) is 24.6 Å². The Morgan fingerprint density at radius 3 is 3.00 bits per heavy atom. The highest BCUT2D eigenvalue weighted by atomic mass is 14.9. The number of pyridine rings is 1. The van der Waals surface area contributed by atoms with Gasteiger partial charge in [0.25, 0.3) is 0 Å². The molecule has 0 bridgehead atoms. The second-order valence-electron chi connectivity index (χ2n) is 5.71. The van der Waals surface area contributed by atoms with E-state index in [-0.39, 0.29) is 0 Å². The van der Waals surface area contributed by atoms with E-state index in [9.17, 15) is 0 Å². The number of nitrogens with zero attached hydrogens (tertiary/aromatic N) is 1. The van der Waals surface area contributed by atoms with Gasteiger partial charge in [-0.25, -0.2) is 0 Å². The molecule has 1 aromatic heterocycles. The molecule has 0 radical (unpaired) electrons. The minimum atomic E-state index is 0.389. The first-order chi connectivity index (χ1) is 8.65. The first-order valence-corrected chi connectivity index (χ1v) is 6.95. The highest BCUT2D eigenvalue weighted by Gasteiger charge is 2.18. The van der Waals surface area contributed by atoms with Crippen LogP contribution in [0.1, 0.15) is 45.2 Å². The first kappa shape index (κ1) is 13.3. The number of aromatic nitrogens is 1. The van der Waals surface area contributed by atoms with Crippen LogP contribution in [0.2, 0.25) is 0 Å². The maximum Gasteiger partial charge on any atom is 0.0315 e. The van der Waals surface area contributed by atoms with Crippen molar-refractivity contribution < 1.29 is 0 Å². The molecule has 0 aliphatic heterocycles. The molecule has 0 saturated carbocycles. The lowest BCUT2D eigenvalue weighted by molar-refractivity contribution is 0.366. The predicted molar refractivity (Wildman–Crippen MR) is 76.3 cm³/mol. The topological polar surface area (TPSA) is 24.9 Å². The molecule has 1 aliphatic carbocycles. The fourth-order valence-corrected chi connectivity index (χ4v) is 2.94. The molecule has 1 aromatic rings. The van der Waals surface area contributed by atoms with Crippen molar-refractivity contribution in [2.45, 2.75) is 39.7 Å². The molecule has 1 N–H and O–H groups in total. The van der Waals surface area contributed by atoms with Crippen LogP contribution < -0.4 is 5.32 Å². The quantitative estimate of drug-likeness (QED) is 0.816. The van der Waals surface area contributed by atoms with Gasteiger partial charge in [-0.3, -0.25) is 4.98 Å². The average molecular weight is 244 g/mol. The van der Waals surface area contributed by atoms with Crippen molar-refractivity contribution in [3.05, 3.63) is 41.7 Å². The van der Waals surface area contributed by atoms with Crippen molar-refractivity contribution in [3.8, 4) is 0 Å². The summed E-state index contributed by atoms with van der Waals surface area (Å²) in [4.78, 5) is 4.18. The van der Waals surface area contributed by atoms with E-state index < -0.39 is 0 Å². The van der Waals surface area contributed by atoms with E-state index in [1.807, 2.05) is 18.5 Å². The predicted octanol–water partition coefficient (Wildman–Crippen LogP) is 3.72. The van der Waals surface area contributed by atoms with Crippen LogP contribution in [0, 0.1) is 11.8 Å². The molecule has 2 unspecified atom stereocenters. The monoisotopic (exact) mass is 244 g/mol. The molecule has 1 aliphatic rings. The van der Waals surface area contributed by atoms with Gasteiger partial charge in [0.1, 0.15) is 0 Å². The summed E-state index contributed by atoms with van der Waals surface area (Å²) in [6.07, 6.45) is 8.75. The van der Waals surface area contributed by atoms with E-state index >= 15 is 0 Å². The third kappa shape index (κ3) is 3.67. The summed E-state index contributed by atoms with van der Waals surface area (Å²) < 4.78 is 0. The Morgan fingerprint density at radius 1 is 1.50 bits per heavy atom. The Bertz CT molecular complexity index is 397. The van der Waals surface area contributed by atoms with Crippen molar-refractivity contribution in [1.82, 2.24) is 10.3 Å². The van der Waals surface area contributed by atoms with Crippen LogP contribution in [-0.2, 0) is 0 Å². The van der Waals surface area contributed by atoms with Crippen LogP contribution in [-0.4, -0.2) is 11.5 Å². The molecule has 0 fully saturated rings. The largest absolute Gasteiger partial charge is 0.310 e. The van der Waals surface area contributed by atoms with Gasteiger partial charge < -0.3 is 5.32 Å². The standard InChI is InChI=1S/C16H24N2/c1-12-7-13(2)9-15(8-12)10-18-14(3)16-5-4-6-17-11-16/h4-7,11-12,14-15,18H,8-10H2,1-3H3/t12?,14-,15?/m0/s1. The van der Waals surface area contributed by atoms with Crippen LogP contribution in [0.3, 0.4) is 0 Å². The maximum atomic E-state index is 4.18. The van der Waals surface area contributed by atoms with Crippen LogP contribution in [0.4, 0.5) is 0 Å². The van der Waals surface area contributed by atoms with E-state index in [0.29, 0.717) is 6.04 Å². The van der Waals surface area contributed by atoms with E-state index in [0.717, 1.165) is 18.4 Å². The summed E-state index contributed by atoms with van der Waals surface area (Å²) in [6, 6.07) is 4.53. The van der Waals surface area contributed by atoms with Gasteiger partial charge in [0.2, 0.25) is 0 Å². The van der Waals surface area contributed by atoms with Crippen molar-refractivity contribution in [2.75, 3.05) is 6.54 Å². The second kappa shape index (κ2) is 6.14. The second-order valence-corrected chi connectivity index (χ2v) is 5.71. The lowest BCUT2D eigenvalue weighted by Gasteiger charge is -2.27. The highest BCUT2D eigenvalue weighted by molar-refractivity contribution is 5.13. The number of nitrogens with one attached hydrogen (secondary N) is 1. The fraction of sp³-hybridized carbons (Fsp3) is 0.562. The molecule has 98 valence electrons. The number of hydrogen-bond acceptors (Lipinski definition) is 2. The van der Waals surface area contributed by atoms with Crippen molar-refractivity contribution >= 4 is 0 Å². The van der Waals surface area contributed by atoms with Crippen molar-refractivity contribution in [1.29, 1.82) is 0 Å². The summed E-state index contributed by atoms with van der Waals surface area (Å²) in [5, 5.41) is 3.64. The maximum absolute atomic E-state index is 4.18. The Hall–Kier alpha value is -1.15. The normalized spacial score (nSPS) is 25.6. The van der Waals surface area contributed by atoms with Crippen LogP contribution >= 0.6 is 0 Å². The summed E-state index contributed by atoms with van der Waals surface area (Å²) in [5.41, 5.74) is 2.82. The molecule has 18 heavy (non-hydrogen) atoms. The van der Waals surface area contributed by atoms with Crippen molar-refractivity contribution in [3.63, 3.8) is 0 Å². The third-order valence-corrected chi connectivity index (χ3v) is 3.78. The van der Waals surface area contributed by atoms with E-state index in [1.54, 1.807) is 5.57 Å². The molecule has 0 spiro atoms. The van der Waals surface area contributed by atoms with Gasteiger partial charge in [0, 0.05) is 18.4 Å². The molecule has 3 atom stereocenters. The minimum Gasteiger partial charge on any atom is -0.310 e. The molecular formula is C16H24N2. The van der Waals surface area contributed by atoms with E-state index in [4.69, 9.17) is 0 Å². The highest BCUT2D eigenvalue weighted by Crippen LogP contribution is 2.27. The molecule has 2 rings (SSSR count). The smallest absolute Gasteiger partial charge is 0.0315 e. The zero-order valence-electron chi connectivity index (χ0n) is 11.7. The molecule has 1 heterocycles. The summed E-state index contributed by atoms with van der Waals surface area (Å²) in [5.74, 6) is 1.52. The summed E-state index contributed by atoms with van der Waals surface area (Å²) >= 11 is 0. The Morgan fingerprint density at radius 2 is 2.33 bits per heavy atom. The molecule has 0 aromatic carbocycles.